The summed E-state index contributed by atoms with van der Waals surface area (Å²) in [6.07, 6.45) is 7.13. The predicted octanol–water partition coefficient (Wildman–Crippen LogP) is 4.70. The standard InChI is InChI=1S/C27H29N5O6S.C24H26N8O6S.C21H24N4O6S.C16H22N8O6S/c33-22(15-19-7-3-1-4-8-19)16-23-25(34)31-24(27(35)36)20(18-39-26(23)31)17-38-28-32(37)30-13-11-29(12-14-30)21-9-5-2-6-10-21;33-18(13-16-5-2-1-3-6-16)27-19-21(34)31-20(23(35)36)17(15-39-22(19)31)14-38-28-32(37)30-11-9-29(10-12-30)24-25-7-4-8-26-24;26-16(10-14-6-2-1-3-7-14)11-17-19(27)24-18(21(28)29)15(13-32-20(17)24)12-31-22-25(30)23-8-4-5-9-23;1-3-22(4-2)24(29)20-30-7-10-8-31-15-12(14(26)23(15)13(10)16(27)28)5-11(25)6-21-9-17-18-19-21/h1-10,23,26H,11-18H2,(H,35,36);1-8,19,22H,9-15H2,(H,27,33)(H,35,36);1-3,6-7,17,20H,4-5,8-13H2,(H,28,29);9,12,15H,3-8H2,1-2H3,(H,27,28)/b2*32-28-;25-22-;24-20-. The number of para-hydroxylation sites is 1. The number of thioether (sulfide) groups is 4. The van der Waals surface area contributed by atoms with E-state index in [2.05, 4.69) is 56.8 Å². The molecule has 5 amide bonds. The number of aromatic nitrogens is 6. The Bertz CT molecular complexity index is 5620. The third-order valence-corrected chi connectivity index (χ3v) is 29.7. The minimum absolute atomic E-state index is 0.0318. The fourth-order valence-electron chi connectivity index (χ4n) is 17.1. The van der Waals surface area contributed by atoms with Crippen molar-refractivity contribution in [2.75, 3.05) is 138 Å². The van der Waals surface area contributed by atoms with Crippen molar-refractivity contribution in [3.05, 3.63) is 229 Å². The summed E-state index contributed by atoms with van der Waals surface area (Å²) in [5.41, 5.74) is 4.35. The highest BCUT2D eigenvalue weighted by molar-refractivity contribution is 8.01. The van der Waals surface area contributed by atoms with Gasteiger partial charge in [-0.15, -0.1) is 72.2 Å². The molecule has 5 N–H and O–H groups in total. The summed E-state index contributed by atoms with van der Waals surface area (Å²) >= 11 is 5.44. The van der Waals surface area contributed by atoms with E-state index in [1.54, 1.807) is 32.3 Å². The summed E-state index contributed by atoms with van der Waals surface area (Å²) in [7, 11) is 0. The molecule has 53 heteroatoms. The summed E-state index contributed by atoms with van der Waals surface area (Å²) in [4.78, 5) is 188. The number of benzene rings is 4. The lowest BCUT2D eigenvalue weighted by molar-refractivity contribution is -0.711. The van der Waals surface area contributed by atoms with Gasteiger partial charge in [0.05, 0.1) is 113 Å². The zero-order valence-electron chi connectivity index (χ0n) is 76.3. The molecule has 7 fully saturated rings. The van der Waals surface area contributed by atoms with Crippen LogP contribution in [0.25, 0.3) is 0 Å². The van der Waals surface area contributed by atoms with Crippen molar-refractivity contribution in [2.24, 2.45) is 38.9 Å². The molecule has 0 spiro atoms. The third-order valence-electron chi connectivity index (χ3n) is 24.1. The molecule has 746 valence electrons. The van der Waals surface area contributed by atoms with Gasteiger partial charge in [-0.3, -0.25) is 58.0 Å². The normalized spacial score (nSPS) is 21.6. The fourth-order valence-corrected chi connectivity index (χ4v) is 22.6. The molecule has 8 atom stereocenters. The Labute approximate surface area is 821 Å². The van der Waals surface area contributed by atoms with Crippen LogP contribution in [0.5, 0.6) is 0 Å². The van der Waals surface area contributed by atoms with Gasteiger partial charge in [-0.25, -0.2) is 33.8 Å². The molecule has 11 aliphatic heterocycles. The Morgan fingerprint density at radius 3 is 1.18 bits per heavy atom. The number of Topliss-reactive ketones (excluding diaryl/α,β-unsaturated/α-hetero) is 3. The molecule has 0 saturated carbocycles. The SMILES string of the molecule is CCN(CC)/[N+]([O-])=N/OCC1=C(C(=O)O)N2C(=O)C(CC(=O)Cn3cnnn3)C2SC1.O=C(Cc1ccccc1)CC1C(=O)N2C(C(=O)O)=C(CO/N=[N+](\[O-])N3CCCC3)CSC12.O=C(Cc1ccccc1)CC1C(=O)N2C(C(=O)O)=C(CO/N=[N+](\[O-])N3CCN(c4ccccc4)CC3)CSC12.O=C(Cc1ccccc1)NC1C(=O)N2C(C(=O)O)=C(CO/N=[N+](\[O-])N3CCN(c4ncccn4)CC3)CSC12. The van der Waals surface area contributed by atoms with Crippen LogP contribution in [0.15, 0.2) is 212 Å². The average Bonchev–Trinajstić information content (AvgIpc) is 0.882. The average molecular weight is 2020 g/mol. The maximum absolute atomic E-state index is 12.9. The number of amides is 5. The molecule has 0 bridgehead atoms. The highest BCUT2D eigenvalue weighted by Crippen LogP contribution is 2.49. The van der Waals surface area contributed by atoms with Gasteiger partial charge in [-0.05, 0) is 72.0 Å². The lowest BCUT2D eigenvalue weighted by Crippen LogP contribution is -2.70. The second kappa shape index (κ2) is 48.2. The Morgan fingerprint density at radius 1 is 0.440 bits per heavy atom. The molecule has 13 heterocycles. The number of hydrogen-bond donors (Lipinski definition) is 5. The number of aliphatic carboxylic acids is 4. The molecule has 17 rings (SSSR count). The van der Waals surface area contributed by atoms with E-state index < -0.39 is 81.0 Å². The first kappa shape index (κ1) is 102. The molecular weight excluding hydrogens is 1920 g/mol. The molecule has 2 aromatic heterocycles. The smallest absolute Gasteiger partial charge is 0.352 e. The largest absolute Gasteiger partial charge is 0.569 e. The first-order valence-corrected chi connectivity index (χ1v) is 49.2. The maximum Gasteiger partial charge on any atom is 0.352 e. The first-order valence-electron chi connectivity index (χ1n) is 45.0. The molecule has 49 nitrogen and oxygen atoms in total. The van der Waals surface area contributed by atoms with Gasteiger partial charge in [0, 0.05) is 122 Å². The number of carbonyl (C=O) groups excluding carboxylic acids is 8. The van der Waals surface area contributed by atoms with Crippen molar-refractivity contribution in [2.45, 2.75) is 99.3 Å². The lowest BCUT2D eigenvalue weighted by atomic mass is 9.89. The van der Waals surface area contributed by atoms with Crippen LogP contribution in [-0.2, 0) is 103 Å². The van der Waals surface area contributed by atoms with Crippen molar-refractivity contribution in [3.63, 3.8) is 0 Å². The lowest BCUT2D eigenvalue weighted by Gasteiger charge is -2.49. The summed E-state index contributed by atoms with van der Waals surface area (Å²) in [5.74, 6) is -7.44. The fraction of sp³-hybridized carbons (Fsp3) is 0.443. The van der Waals surface area contributed by atoms with Gasteiger partial charge in [-0.1, -0.05) is 109 Å². The van der Waals surface area contributed by atoms with Crippen LogP contribution in [0.1, 0.15) is 62.6 Å². The van der Waals surface area contributed by atoms with E-state index in [9.17, 15) is 98.8 Å². The number of ketones is 3. The van der Waals surface area contributed by atoms with E-state index in [-0.39, 0.29) is 141 Å². The zero-order valence-corrected chi connectivity index (χ0v) is 79.6. The number of carboxylic acid groups (broad SMARTS) is 4. The Kier molecular flexibility index (Phi) is 34.9. The van der Waals surface area contributed by atoms with E-state index >= 15 is 0 Å². The number of β-lactam (4-membered cyclic amide) rings is 4. The first-order chi connectivity index (χ1) is 68.2. The van der Waals surface area contributed by atoms with Crippen LogP contribution >= 0.6 is 47.0 Å². The van der Waals surface area contributed by atoms with Crippen LogP contribution in [0.3, 0.4) is 0 Å². The van der Waals surface area contributed by atoms with Crippen molar-refractivity contribution < 1.29 is 117 Å². The predicted molar refractivity (Wildman–Crippen MR) is 498 cm³/mol. The number of anilines is 2. The summed E-state index contributed by atoms with van der Waals surface area (Å²) < 4.78 is 1.26. The van der Waals surface area contributed by atoms with Crippen LogP contribution in [0.2, 0.25) is 0 Å². The van der Waals surface area contributed by atoms with E-state index in [0.717, 1.165) is 40.1 Å². The Hall–Kier alpha value is -14.8. The van der Waals surface area contributed by atoms with Crippen molar-refractivity contribution >= 4 is 129 Å². The number of hydrazine groups is 4. The second-order valence-corrected chi connectivity index (χ2v) is 37.7. The van der Waals surface area contributed by atoms with E-state index in [0.29, 0.717) is 138 Å². The van der Waals surface area contributed by atoms with Crippen molar-refractivity contribution in [3.8, 4) is 0 Å². The van der Waals surface area contributed by atoms with Gasteiger partial charge in [0.25, 0.3) is 5.91 Å². The summed E-state index contributed by atoms with van der Waals surface area (Å²) in [5, 5.41) is 119. The summed E-state index contributed by atoms with van der Waals surface area (Å²) in [6, 6.07) is 38.6. The molecule has 0 aliphatic carbocycles. The molecule has 7 saturated heterocycles. The highest BCUT2D eigenvalue weighted by atomic mass is 32.2. The maximum atomic E-state index is 12.9. The van der Waals surface area contributed by atoms with E-state index in [1.165, 1.54) is 92.8 Å². The quantitative estimate of drug-likeness (QED) is 0.0151. The molecule has 8 unspecified atom stereocenters. The molecular formula is C88H101N25O24S4. The van der Waals surface area contributed by atoms with Gasteiger partial charge < -0.3 is 75.7 Å². The number of fused-ring (bicyclic) bond motifs is 4. The summed E-state index contributed by atoms with van der Waals surface area (Å²) in [6.45, 7) is 8.62. The molecule has 0 radical (unpaired) electrons. The minimum atomic E-state index is -1.29. The van der Waals surface area contributed by atoms with Crippen LogP contribution in [0, 0.1) is 38.6 Å². The number of tetrazole rings is 1. The number of nitrogens with one attached hydrogen (secondary N) is 1. The van der Waals surface area contributed by atoms with Gasteiger partial charge in [0.1, 0.15) is 85.1 Å². The van der Waals surface area contributed by atoms with E-state index in [4.69, 9.17) is 19.4 Å². The van der Waals surface area contributed by atoms with Crippen LogP contribution in [0.4, 0.5) is 11.6 Å². The Morgan fingerprint density at radius 2 is 0.794 bits per heavy atom. The number of nitrogens with zero attached hydrogens (tertiary/aromatic N) is 24. The van der Waals surface area contributed by atoms with Crippen molar-refractivity contribution in [1.82, 2.24) is 75.1 Å². The van der Waals surface area contributed by atoms with E-state index in [1.807, 2.05) is 126 Å². The monoisotopic (exact) mass is 2020 g/mol. The Balaban J connectivity index is 0.000000150. The van der Waals surface area contributed by atoms with Crippen LogP contribution < -0.4 is 15.1 Å². The third kappa shape index (κ3) is 25.1. The molecule has 11 aliphatic rings. The number of hydrogen-bond acceptors (Lipinski definition) is 35. The molecule has 4 aromatic carbocycles. The zero-order chi connectivity index (χ0) is 99.9. The number of rotatable bonds is 39. The number of carbonyl (C=O) groups is 12. The molecule has 6 aromatic rings. The minimum Gasteiger partial charge on any atom is -0.569 e. The number of piperazine rings is 2. The molecule has 141 heavy (non-hydrogen) atoms. The number of carboxylic acids is 4. The van der Waals surface area contributed by atoms with Gasteiger partial charge in [0.15, 0.2) is 5.78 Å². The topological polar surface area (TPSA) is 590 Å². The van der Waals surface area contributed by atoms with Gasteiger partial charge in [0.2, 0.25) is 50.7 Å². The second-order valence-electron chi connectivity index (χ2n) is 33.3. The van der Waals surface area contributed by atoms with Crippen molar-refractivity contribution in [1.29, 1.82) is 0 Å². The van der Waals surface area contributed by atoms with Gasteiger partial charge >= 0.3 is 23.9 Å². The highest BCUT2D eigenvalue weighted by Gasteiger charge is 2.58. The van der Waals surface area contributed by atoms with Gasteiger partial charge in [-0.2, -0.15) is 0 Å². The van der Waals surface area contributed by atoms with Crippen LogP contribution in [-0.4, -0.2) is 336 Å².